The van der Waals surface area contributed by atoms with Crippen molar-refractivity contribution in [2.24, 2.45) is 0 Å². The molecule has 8 heteroatoms. The van der Waals surface area contributed by atoms with E-state index in [1.54, 1.807) is 0 Å². The minimum atomic E-state index is -1.32. The van der Waals surface area contributed by atoms with Crippen LogP contribution in [0.25, 0.3) is 0 Å². The summed E-state index contributed by atoms with van der Waals surface area (Å²) in [5.41, 5.74) is 0. The third kappa shape index (κ3) is 3.56. The van der Waals surface area contributed by atoms with Crippen LogP contribution in [-0.4, -0.2) is 75.8 Å². The van der Waals surface area contributed by atoms with Crippen LogP contribution in [0.2, 0.25) is 0 Å². The van der Waals surface area contributed by atoms with Crippen LogP contribution in [0.5, 0.6) is 0 Å². The molecule has 5 N–H and O–H groups in total. The summed E-state index contributed by atoms with van der Waals surface area (Å²) in [6.07, 6.45) is -4.32. The maximum absolute atomic E-state index is 11.4. The summed E-state index contributed by atoms with van der Waals surface area (Å²) in [7, 11) is 0. The van der Waals surface area contributed by atoms with Gasteiger partial charge in [0.05, 0.1) is 19.3 Å². The molecule has 1 rings (SSSR count). The van der Waals surface area contributed by atoms with Crippen LogP contribution in [0.15, 0.2) is 0 Å². The second-order valence-electron chi connectivity index (χ2n) is 4.13. The summed E-state index contributed by atoms with van der Waals surface area (Å²) in [5, 5.41) is 40.2. The zero-order valence-electron chi connectivity index (χ0n) is 9.77. The molecule has 0 aromatic carbocycles. The Kier molecular flexibility index (Phi) is 6.33. The molecule has 5 atom stereocenters. The Morgan fingerprint density at radius 1 is 1.17 bits per heavy atom. The largest absolute Gasteiger partial charge is 0.394 e. The fraction of sp³-hybridized carbons (Fsp3) is 0.900. The Morgan fingerprint density at radius 2 is 1.78 bits per heavy atom. The van der Waals surface area contributed by atoms with Crippen molar-refractivity contribution in [3.63, 3.8) is 0 Å². The van der Waals surface area contributed by atoms with Gasteiger partial charge in [0, 0.05) is 6.42 Å². The number of carbonyl (C=O) groups is 1. The van der Waals surface area contributed by atoms with Gasteiger partial charge in [-0.2, -0.15) is 12.6 Å². The molecule has 0 aromatic heterocycles. The number of thiol groups is 1. The first-order valence-electron chi connectivity index (χ1n) is 5.68. The third-order valence-corrected chi connectivity index (χ3v) is 3.10. The Hall–Kier alpha value is -0.380. The first kappa shape index (κ1) is 15.7. The molecular weight excluding hydrogens is 262 g/mol. The van der Waals surface area contributed by atoms with Crippen molar-refractivity contribution in [2.45, 2.75) is 36.9 Å². The number of hydrogen-bond donors (Lipinski definition) is 6. The number of hydrogen-bond acceptors (Lipinski definition) is 7. The number of carbonyl (C=O) groups excluding carboxylic acids is 1. The molecule has 106 valence electrons. The number of ether oxygens (including phenoxy) is 1. The highest BCUT2D eigenvalue weighted by Gasteiger charge is 2.44. The van der Waals surface area contributed by atoms with E-state index in [9.17, 15) is 15.0 Å². The highest BCUT2D eigenvalue weighted by molar-refractivity contribution is 7.80. The molecule has 0 aromatic rings. The van der Waals surface area contributed by atoms with Crippen LogP contribution in [0.1, 0.15) is 6.42 Å². The normalized spacial score (nSPS) is 36.4. The molecule has 7 nitrogen and oxygen atoms in total. The Labute approximate surface area is 110 Å². The molecule has 0 spiro atoms. The van der Waals surface area contributed by atoms with Crippen molar-refractivity contribution in [1.29, 1.82) is 0 Å². The number of amides is 1. The molecular formula is C10H19NO6S. The predicted molar refractivity (Wildman–Crippen MR) is 65.2 cm³/mol. The summed E-state index contributed by atoms with van der Waals surface area (Å²) in [4.78, 5) is 11.4. The standard InChI is InChI=1S/C10H19NO6S/c12-3-5-8(11-7(14)1-2-18)10(16)9(15)6(4-13)17-5/h5-6,8-10,12-13,15-16,18H,1-4H2,(H,11,14)/t5-,6?,8?,9+,10?/m0/s1. The molecule has 1 saturated heterocycles. The molecule has 0 radical (unpaired) electrons. The van der Waals surface area contributed by atoms with Gasteiger partial charge < -0.3 is 30.5 Å². The molecule has 1 aliphatic rings. The molecule has 1 aliphatic heterocycles. The van der Waals surface area contributed by atoms with Crippen molar-refractivity contribution < 1.29 is 30.0 Å². The van der Waals surface area contributed by atoms with Crippen LogP contribution in [0.4, 0.5) is 0 Å². The maximum atomic E-state index is 11.4. The van der Waals surface area contributed by atoms with E-state index in [2.05, 4.69) is 17.9 Å². The molecule has 1 heterocycles. The molecule has 3 unspecified atom stereocenters. The van der Waals surface area contributed by atoms with Gasteiger partial charge in [0.25, 0.3) is 0 Å². The lowest BCUT2D eigenvalue weighted by molar-refractivity contribution is -0.202. The van der Waals surface area contributed by atoms with E-state index >= 15 is 0 Å². The minimum absolute atomic E-state index is 0.157. The number of rotatable bonds is 5. The van der Waals surface area contributed by atoms with E-state index in [-0.39, 0.29) is 12.3 Å². The van der Waals surface area contributed by atoms with E-state index < -0.39 is 43.7 Å². The average Bonchev–Trinajstić information content (AvgIpc) is 2.36. The number of aliphatic hydroxyl groups is 4. The van der Waals surface area contributed by atoms with Gasteiger partial charge in [-0.05, 0) is 5.75 Å². The van der Waals surface area contributed by atoms with E-state index in [4.69, 9.17) is 14.9 Å². The molecule has 0 saturated carbocycles. The van der Waals surface area contributed by atoms with Crippen molar-refractivity contribution in [3.8, 4) is 0 Å². The summed E-state index contributed by atoms with van der Waals surface area (Å²) >= 11 is 3.91. The van der Waals surface area contributed by atoms with Crippen LogP contribution in [-0.2, 0) is 9.53 Å². The monoisotopic (exact) mass is 281 g/mol. The number of nitrogens with one attached hydrogen (secondary N) is 1. The van der Waals surface area contributed by atoms with E-state index in [1.165, 1.54) is 0 Å². The molecule has 18 heavy (non-hydrogen) atoms. The van der Waals surface area contributed by atoms with Gasteiger partial charge >= 0.3 is 0 Å². The molecule has 0 bridgehead atoms. The van der Waals surface area contributed by atoms with Gasteiger partial charge in [-0.15, -0.1) is 0 Å². The fourth-order valence-electron chi connectivity index (χ4n) is 1.89. The van der Waals surface area contributed by atoms with Gasteiger partial charge in [0.15, 0.2) is 0 Å². The summed E-state index contributed by atoms with van der Waals surface area (Å²) < 4.78 is 5.22. The Morgan fingerprint density at radius 3 is 2.28 bits per heavy atom. The van der Waals surface area contributed by atoms with Crippen molar-refractivity contribution in [2.75, 3.05) is 19.0 Å². The van der Waals surface area contributed by atoms with E-state index in [0.29, 0.717) is 5.75 Å². The van der Waals surface area contributed by atoms with E-state index in [1.807, 2.05) is 0 Å². The van der Waals surface area contributed by atoms with Crippen LogP contribution in [0.3, 0.4) is 0 Å². The SMILES string of the molecule is O=C(CCS)NC1C(O)[C@H](O)C(CO)O[C@H]1CO. The lowest BCUT2D eigenvalue weighted by Crippen LogP contribution is -2.65. The molecule has 0 aliphatic carbocycles. The first-order chi connectivity index (χ1) is 8.54. The summed E-state index contributed by atoms with van der Waals surface area (Å²) in [6.45, 7) is -0.919. The van der Waals surface area contributed by atoms with Crippen LogP contribution >= 0.6 is 12.6 Å². The van der Waals surface area contributed by atoms with Gasteiger partial charge in [-0.25, -0.2) is 0 Å². The van der Waals surface area contributed by atoms with Crippen LogP contribution in [0, 0.1) is 0 Å². The van der Waals surface area contributed by atoms with Crippen molar-refractivity contribution in [3.05, 3.63) is 0 Å². The second-order valence-corrected chi connectivity index (χ2v) is 4.57. The van der Waals surface area contributed by atoms with Gasteiger partial charge in [0.2, 0.25) is 5.91 Å². The van der Waals surface area contributed by atoms with Crippen molar-refractivity contribution >= 4 is 18.5 Å². The lowest BCUT2D eigenvalue weighted by atomic mass is 9.93. The summed E-state index contributed by atoms with van der Waals surface area (Å²) in [5.74, 6) is -0.00746. The van der Waals surface area contributed by atoms with E-state index in [0.717, 1.165) is 0 Å². The van der Waals surface area contributed by atoms with Gasteiger partial charge in [0.1, 0.15) is 24.4 Å². The number of aliphatic hydroxyl groups excluding tert-OH is 4. The quantitative estimate of drug-likeness (QED) is 0.304. The predicted octanol–water partition coefficient (Wildman–Crippen LogP) is -2.74. The molecule has 1 amide bonds. The zero-order chi connectivity index (χ0) is 13.7. The smallest absolute Gasteiger partial charge is 0.221 e. The summed E-state index contributed by atoms with van der Waals surface area (Å²) in [6, 6.07) is -0.916. The van der Waals surface area contributed by atoms with Crippen molar-refractivity contribution in [1.82, 2.24) is 5.32 Å². The van der Waals surface area contributed by atoms with Gasteiger partial charge in [-0.3, -0.25) is 4.79 Å². The second kappa shape index (κ2) is 7.27. The maximum Gasteiger partial charge on any atom is 0.221 e. The van der Waals surface area contributed by atoms with Gasteiger partial charge in [-0.1, -0.05) is 0 Å². The average molecular weight is 281 g/mol. The highest BCUT2D eigenvalue weighted by atomic mass is 32.1. The molecule has 1 fully saturated rings. The minimum Gasteiger partial charge on any atom is -0.394 e. The fourth-order valence-corrected chi connectivity index (χ4v) is 2.09. The Bertz CT molecular complexity index is 277. The zero-order valence-corrected chi connectivity index (χ0v) is 10.7. The first-order valence-corrected chi connectivity index (χ1v) is 6.32. The Balaban J connectivity index is 2.71. The third-order valence-electron chi connectivity index (χ3n) is 2.88. The highest BCUT2D eigenvalue weighted by Crippen LogP contribution is 2.21. The topological polar surface area (TPSA) is 119 Å². The lowest BCUT2D eigenvalue weighted by Gasteiger charge is -2.42. The van der Waals surface area contributed by atoms with Crippen LogP contribution < -0.4 is 5.32 Å².